The number of rotatable bonds is 3. The van der Waals surface area contributed by atoms with E-state index < -0.39 is 0 Å². The molecule has 3 aromatic rings. The number of fused-ring (bicyclic) bond motifs is 1. The number of hydrogen-bond acceptors (Lipinski definition) is 4. The molecule has 0 unspecified atom stereocenters. The van der Waals surface area contributed by atoms with E-state index in [4.69, 9.17) is 0 Å². The molecule has 0 atom stereocenters. The number of benzene rings is 1. The summed E-state index contributed by atoms with van der Waals surface area (Å²) in [5.74, 6) is 0.623. The Morgan fingerprint density at radius 1 is 1.21 bits per heavy atom. The molecular formula is C18H19N5O. The minimum absolute atomic E-state index is 0.0764. The van der Waals surface area contributed by atoms with Gasteiger partial charge in [0.2, 0.25) is 0 Å². The van der Waals surface area contributed by atoms with Gasteiger partial charge in [0.15, 0.2) is 0 Å². The first-order chi connectivity index (χ1) is 11.8. The lowest BCUT2D eigenvalue weighted by Crippen LogP contribution is -2.39. The zero-order valence-corrected chi connectivity index (χ0v) is 13.4. The van der Waals surface area contributed by atoms with Crippen LogP contribution in [0.25, 0.3) is 10.9 Å². The summed E-state index contributed by atoms with van der Waals surface area (Å²) in [5, 5.41) is 8.86. The number of likely N-dealkylation sites (tertiary alicyclic amines) is 1. The smallest absolute Gasteiger partial charge is 0.255 e. The topological polar surface area (TPSA) is 63.9 Å². The first kappa shape index (κ1) is 14.8. The third-order valence-corrected chi connectivity index (χ3v) is 4.66. The lowest BCUT2D eigenvalue weighted by atomic mass is 9.96. The summed E-state index contributed by atoms with van der Waals surface area (Å²) in [6, 6.07) is 9.81. The van der Waals surface area contributed by atoms with Gasteiger partial charge in [-0.2, -0.15) is 0 Å². The van der Waals surface area contributed by atoms with Crippen LogP contribution in [0.5, 0.6) is 0 Å². The highest BCUT2D eigenvalue weighted by Crippen LogP contribution is 2.21. The van der Waals surface area contributed by atoms with Crippen molar-refractivity contribution >= 4 is 16.8 Å². The molecule has 0 bridgehead atoms. The summed E-state index contributed by atoms with van der Waals surface area (Å²) >= 11 is 0. The standard InChI is InChI=1S/C18H19N5O/c24-18(16-11-15-3-1-2-4-17(15)19-12-16)22-8-5-14(6-9-22)13-23-10-7-20-21-23/h1-4,7,10-12,14H,5-6,8-9,13H2. The highest BCUT2D eigenvalue weighted by molar-refractivity contribution is 5.97. The van der Waals surface area contributed by atoms with E-state index in [9.17, 15) is 4.79 Å². The fraction of sp³-hybridized carbons (Fsp3) is 0.333. The number of pyridine rings is 1. The summed E-state index contributed by atoms with van der Waals surface area (Å²) in [4.78, 5) is 19.1. The molecular weight excluding hydrogens is 302 g/mol. The molecule has 1 aromatic carbocycles. The van der Waals surface area contributed by atoms with Crippen molar-refractivity contribution in [3.8, 4) is 0 Å². The molecule has 2 aromatic heterocycles. The maximum atomic E-state index is 12.7. The molecule has 4 rings (SSSR count). The molecule has 1 amide bonds. The van der Waals surface area contributed by atoms with Crippen molar-refractivity contribution in [3.05, 3.63) is 54.5 Å². The fourth-order valence-corrected chi connectivity index (χ4v) is 3.28. The van der Waals surface area contributed by atoms with Crippen LogP contribution >= 0.6 is 0 Å². The molecule has 1 aliphatic heterocycles. The molecule has 6 nitrogen and oxygen atoms in total. The Kier molecular flexibility index (Phi) is 3.94. The number of piperidine rings is 1. The number of carbonyl (C=O) groups is 1. The number of amides is 1. The Morgan fingerprint density at radius 3 is 2.83 bits per heavy atom. The van der Waals surface area contributed by atoms with Crippen LogP contribution in [0.3, 0.4) is 0 Å². The number of hydrogen-bond donors (Lipinski definition) is 0. The Morgan fingerprint density at radius 2 is 2.04 bits per heavy atom. The summed E-state index contributed by atoms with van der Waals surface area (Å²) in [5.41, 5.74) is 1.59. The van der Waals surface area contributed by atoms with E-state index in [1.165, 1.54) is 0 Å². The van der Waals surface area contributed by atoms with Gasteiger partial charge in [-0.15, -0.1) is 5.10 Å². The van der Waals surface area contributed by atoms with E-state index in [0.29, 0.717) is 11.5 Å². The van der Waals surface area contributed by atoms with Crippen LogP contribution in [0.4, 0.5) is 0 Å². The van der Waals surface area contributed by atoms with Crippen LogP contribution in [-0.4, -0.2) is 43.9 Å². The Balaban J connectivity index is 1.41. The second kappa shape index (κ2) is 6.39. The summed E-state index contributed by atoms with van der Waals surface area (Å²) in [7, 11) is 0. The van der Waals surface area contributed by atoms with Gasteiger partial charge in [0.25, 0.3) is 5.91 Å². The Hall–Kier alpha value is -2.76. The van der Waals surface area contributed by atoms with Crippen molar-refractivity contribution in [2.75, 3.05) is 13.1 Å². The zero-order chi connectivity index (χ0) is 16.4. The van der Waals surface area contributed by atoms with Gasteiger partial charge in [-0.3, -0.25) is 14.5 Å². The van der Waals surface area contributed by atoms with E-state index in [-0.39, 0.29) is 5.91 Å². The van der Waals surface area contributed by atoms with Gasteiger partial charge < -0.3 is 4.90 Å². The van der Waals surface area contributed by atoms with Gasteiger partial charge in [-0.1, -0.05) is 23.4 Å². The molecule has 6 heteroatoms. The maximum absolute atomic E-state index is 12.7. The third-order valence-electron chi connectivity index (χ3n) is 4.66. The van der Waals surface area contributed by atoms with Crippen molar-refractivity contribution < 1.29 is 4.79 Å². The maximum Gasteiger partial charge on any atom is 0.255 e. The second-order valence-electron chi connectivity index (χ2n) is 6.28. The predicted octanol–water partition coefficient (Wildman–Crippen LogP) is 2.38. The lowest BCUT2D eigenvalue weighted by Gasteiger charge is -2.31. The van der Waals surface area contributed by atoms with Crippen molar-refractivity contribution in [2.24, 2.45) is 5.92 Å². The average Bonchev–Trinajstić information content (AvgIpc) is 3.14. The SMILES string of the molecule is O=C(c1cnc2ccccc2c1)N1CCC(Cn2ccnn2)CC1. The lowest BCUT2D eigenvalue weighted by molar-refractivity contribution is 0.0680. The van der Waals surface area contributed by atoms with E-state index in [1.54, 1.807) is 12.4 Å². The molecule has 3 heterocycles. The van der Waals surface area contributed by atoms with Crippen LogP contribution < -0.4 is 0 Å². The zero-order valence-electron chi connectivity index (χ0n) is 13.4. The van der Waals surface area contributed by atoms with E-state index in [1.807, 2.05) is 46.1 Å². The van der Waals surface area contributed by atoms with Crippen LogP contribution in [0.2, 0.25) is 0 Å². The van der Waals surface area contributed by atoms with Gasteiger partial charge in [-0.05, 0) is 30.9 Å². The van der Waals surface area contributed by atoms with E-state index >= 15 is 0 Å². The molecule has 0 radical (unpaired) electrons. The number of carbonyl (C=O) groups excluding carboxylic acids is 1. The Bertz CT molecular complexity index is 838. The molecule has 0 N–H and O–H groups in total. The van der Waals surface area contributed by atoms with Crippen LogP contribution in [0.1, 0.15) is 23.2 Å². The van der Waals surface area contributed by atoms with Gasteiger partial charge >= 0.3 is 0 Å². The van der Waals surface area contributed by atoms with Crippen LogP contribution in [0, 0.1) is 5.92 Å². The predicted molar refractivity (Wildman–Crippen MR) is 90.4 cm³/mol. The number of aromatic nitrogens is 4. The molecule has 1 fully saturated rings. The second-order valence-corrected chi connectivity index (χ2v) is 6.28. The molecule has 0 spiro atoms. The van der Waals surface area contributed by atoms with Crippen LogP contribution in [-0.2, 0) is 6.54 Å². The largest absolute Gasteiger partial charge is 0.339 e. The first-order valence-electron chi connectivity index (χ1n) is 8.28. The molecule has 1 saturated heterocycles. The highest BCUT2D eigenvalue weighted by Gasteiger charge is 2.24. The van der Waals surface area contributed by atoms with Gasteiger partial charge in [0, 0.05) is 37.4 Å². The van der Waals surface area contributed by atoms with Crippen LogP contribution in [0.15, 0.2) is 48.9 Å². The average molecular weight is 321 g/mol. The van der Waals surface area contributed by atoms with E-state index in [2.05, 4.69) is 15.3 Å². The Labute approximate surface area is 140 Å². The summed E-state index contributed by atoms with van der Waals surface area (Å²) in [6.45, 7) is 2.44. The monoisotopic (exact) mass is 321 g/mol. The van der Waals surface area contributed by atoms with Gasteiger partial charge in [0.05, 0.1) is 17.3 Å². The first-order valence-corrected chi connectivity index (χ1v) is 8.28. The highest BCUT2D eigenvalue weighted by atomic mass is 16.2. The third kappa shape index (κ3) is 2.99. The molecule has 0 aliphatic carbocycles. The van der Waals surface area contributed by atoms with Crippen molar-refractivity contribution in [3.63, 3.8) is 0 Å². The number of para-hydroxylation sites is 1. The minimum atomic E-state index is 0.0764. The van der Waals surface area contributed by atoms with Gasteiger partial charge in [0.1, 0.15) is 0 Å². The summed E-state index contributed by atoms with van der Waals surface area (Å²) in [6.07, 6.45) is 7.26. The normalized spacial score (nSPS) is 15.8. The molecule has 122 valence electrons. The quantitative estimate of drug-likeness (QED) is 0.743. The van der Waals surface area contributed by atoms with Gasteiger partial charge in [-0.25, -0.2) is 0 Å². The molecule has 1 aliphatic rings. The van der Waals surface area contributed by atoms with Crippen molar-refractivity contribution in [1.29, 1.82) is 0 Å². The molecule has 24 heavy (non-hydrogen) atoms. The molecule has 0 saturated carbocycles. The van der Waals surface area contributed by atoms with Crippen molar-refractivity contribution in [2.45, 2.75) is 19.4 Å². The van der Waals surface area contributed by atoms with Crippen molar-refractivity contribution in [1.82, 2.24) is 24.9 Å². The number of nitrogens with zero attached hydrogens (tertiary/aromatic N) is 5. The fourth-order valence-electron chi connectivity index (χ4n) is 3.28. The minimum Gasteiger partial charge on any atom is -0.339 e. The van der Waals surface area contributed by atoms with E-state index in [0.717, 1.165) is 43.4 Å². The summed E-state index contributed by atoms with van der Waals surface area (Å²) < 4.78 is 1.87.